The first-order chi connectivity index (χ1) is 7.13. The molecule has 0 atom stereocenters. The van der Waals surface area contributed by atoms with Gasteiger partial charge in [-0.05, 0) is 31.5 Å². The number of fused-ring (bicyclic) bond motifs is 1. The second-order valence-electron chi connectivity index (χ2n) is 3.58. The first kappa shape index (κ1) is 12.9. The number of aryl methyl sites for hydroxylation is 1. The van der Waals surface area contributed by atoms with E-state index >= 15 is 0 Å². The molecule has 0 amide bonds. The van der Waals surface area contributed by atoms with Gasteiger partial charge >= 0.3 is 0 Å². The van der Waals surface area contributed by atoms with Gasteiger partial charge in [0, 0.05) is 17.1 Å². The minimum atomic E-state index is -0.569. The average Bonchev–Trinajstić information content (AvgIpc) is 2.43. The first-order valence-electron chi connectivity index (χ1n) is 4.79. The van der Waals surface area contributed by atoms with Gasteiger partial charge in [0.05, 0.1) is 5.52 Å². The molecular formula is C11H13ClF2N2. The van der Waals surface area contributed by atoms with Crippen molar-refractivity contribution >= 4 is 23.3 Å². The van der Waals surface area contributed by atoms with Crippen molar-refractivity contribution in [1.29, 1.82) is 0 Å². The van der Waals surface area contributed by atoms with E-state index in [-0.39, 0.29) is 12.4 Å². The molecule has 0 aliphatic carbocycles. The van der Waals surface area contributed by atoms with Gasteiger partial charge in [-0.3, -0.25) is 0 Å². The Labute approximate surface area is 98.2 Å². The summed E-state index contributed by atoms with van der Waals surface area (Å²) in [7, 11) is 0. The third-order valence-corrected chi connectivity index (χ3v) is 2.53. The molecule has 0 aliphatic heterocycles. The molecule has 0 spiro atoms. The van der Waals surface area contributed by atoms with Crippen molar-refractivity contribution in [2.45, 2.75) is 13.3 Å². The van der Waals surface area contributed by atoms with E-state index in [1.54, 1.807) is 0 Å². The Kier molecular flexibility index (Phi) is 3.88. The van der Waals surface area contributed by atoms with E-state index < -0.39 is 11.6 Å². The fraction of sp³-hybridized carbons (Fsp3) is 0.273. The van der Waals surface area contributed by atoms with Gasteiger partial charge in [-0.15, -0.1) is 12.4 Å². The molecule has 1 heterocycles. The Hall–Kier alpha value is -1.13. The number of hydrogen-bond donors (Lipinski definition) is 2. The molecule has 1 aromatic heterocycles. The molecule has 0 unspecified atom stereocenters. The standard InChI is InChI=1S/C11H12F2N2.ClH/c1-6-8(2-3-14)11-9(13)4-7(12)5-10(11)15-6;/h4-5,15H,2-3,14H2,1H3;1H. The number of H-pyrrole nitrogens is 1. The predicted octanol–water partition coefficient (Wildman–Crippen LogP) is 2.68. The highest BCUT2D eigenvalue weighted by atomic mass is 35.5. The van der Waals surface area contributed by atoms with Crippen molar-refractivity contribution in [2.24, 2.45) is 5.73 Å². The second kappa shape index (κ2) is 4.80. The van der Waals surface area contributed by atoms with Crippen LogP contribution in [0.15, 0.2) is 12.1 Å². The molecule has 2 rings (SSSR count). The van der Waals surface area contributed by atoms with Gasteiger partial charge in [-0.1, -0.05) is 0 Å². The van der Waals surface area contributed by atoms with Crippen molar-refractivity contribution in [3.05, 3.63) is 35.0 Å². The van der Waals surface area contributed by atoms with Crippen LogP contribution in [0.2, 0.25) is 0 Å². The van der Waals surface area contributed by atoms with E-state index in [1.165, 1.54) is 6.07 Å². The minimum Gasteiger partial charge on any atom is -0.358 e. The average molecular weight is 247 g/mol. The smallest absolute Gasteiger partial charge is 0.135 e. The largest absolute Gasteiger partial charge is 0.358 e. The number of rotatable bonds is 2. The summed E-state index contributed by atoms with van der Waals surface area (Å²) in [5.41, 5.74) is 7.63. The van der Waals surface area contributed by atoms with Crippen LogP contribution in [0, 0.1) is 18.6 Å². The van der Waals surface area contributed by atoms with Crippen LogP contribution in [0.1, 0.15) is 11.3 Å². The maximum atomic E-state index is 13.5. The summed E-state index contributed by atoms with van der Waals surface area (Å²) in [4.78, 5) is 2.96. The third-order valence-electron chi connectivity index (χ3n) is 2.53. The quantitative estimate of drug-likeness (QED) is 0.841. The van der Waals surface area contributed by atoms with Crippen LogP contribution >= 0.6 is 12.4 Å². The molecule has 0 bridgehead atoms. The molecule has 0 aliphatic rings. The van der Waals surface area contributed by atoms with Crippen LogP contribution in [0.3, 0.4) is 0 Å². The summed E-state index contributed by atoms with van der Waals surface area (Å²) in [6.45, 7) is 2.28. The first-order valence-corrected chi connectivity index (χ1v) is 4.79. The SMILES string of the molecule is Cc1[nH]c2cc(F)cc(F)c2c1CCN.Cl. The van der Waals surface area contributed by atoms with E-state index in [1.807, 2.05) is 6.92 Å². The number of benzene rings is 1. The number of hydrogen-bond acceptors (Lipinski definition) is 1. The van der Waals surface area contributed by atoms with Gasteiger partial charge in [-0.25, -0.2) is 8.78 Å². The second-order valence-corrected chi connectivity index (χ2v) is 3.58. The van der Waals surface area contributed by atoms with Gasteiger partial charge in [-0.2, -0.15) is 0 Å². The number of halogens is 3. The number of nitrogens with one attached hydrogen (secondary N) is 1. The van der Waals surface area contributed by atoms with E-state index in [0.29, 0.717) is 23.9 Å². The fourth-order valence-corrected chi connectivity index (χ4v) is 1.90. The van der Waals surface area contributed by atoms with Crippen molar-refractivity contribution in [3.8, 4) is 0 Å². The lowest BCUT2D eigenvalue weighted by Crippen LogP contribution is -2.03. The molecule has 16 heavy (non-hydrogen) atoms. The van der Waals surface area contributed by atoms with Gasteiger partial charge in [0.25, 0.3) is 0 Å². The molecular weight excluding hydrogens is 234 g/mol. The highest BCUT2D eigenvalue weighted by molar-refractivity contribution is 5.85. The van der Waals surface area contributed by atoms with Crippen LogP contribution in [-0.2, 0) is 6.42 Å². The van der Waals surface area contributed by atoms with Crippen LogP contribution in [-0.4, -0.2) is 11.5 Å². The molecule has 3 N–H and O–H groups in total. The normalized spacial score (nSPS) is 10.5. The lowest BCUT2D eigenvalue weighted by molar-refractivity contribution is 0.591. The maximum Gasteiger partial charge on any atom is 0.135 e. The van der Waals surface area contributed by atoms with E-state index in [2.05, 4.69) is 4.98 Å². The van der Waals surface area contributed by atoms with Crippen LogP contribution in [0.25, 0.3) is 10.9 Å². The topological polar surface area (TPSA) is 41.8 Å². The zero-order valence-electron chi connectivity index (χ0n) is 8.81. The Bertz CT molecular complexity index is 508. The van der Waals surface area contributed by atoms with Crippen molar-refractivity contribution < 1.29 is 8.78 Å². The summed E-state index contributed by atoms with van der Waals surface area (Å²) in [5.74, 6) is -1.10. The summed E-state index contributed by atoms with van der Waals surface area (Å²) in [6.07, 6.45) is 0.592. The van der Waals surface area contributed by atoms with Gasteiger partial charge in [0.2, 0.25) is 0 Å². The zero-order chi connectivity index (χ0) is 11.0. The lowest BCUT2D eigenvalue weighted by Gasteiger charge is -1.99. The zero-order valence-corrected chi connectivity index (χ0v) is 9.63. The summed E-state index contributed by atoms with van der Waals surface area (Å²) in [5, 5.41) is 0.458. The minimum absolute atomic E-state index is 0. The lowest BCUT2D eigenvalue weighted by atomic mass is 10.1. The Morgan fingerprint density at radius 3 is 2.62 bits per heavy atom. The number of aromatic nitrogens is 1. The predicted molar refractivity (Wildman–Crippen MR) is 63.0 cm³/mol. The molecule has 0 saturated heterocycles. The van der Waals surface area contributed by atoms with Gasteiger partial charge < -0.3 is 10.7 Å². The Morgan fingerprint density at radius 1 is 1.31 bits per heavy atom. The number of aromatic amines is 1. The third kappa shape index (κ3) is 2.03. The molecule has 0 radical (unpaired) electrons. The molecule has 1 aromatic carbocycles. The summed E-state index contributed by atoms with van der Waals surface area (Å²) >= 11 is 0. The van der Waals surface area contributed by atoms with Crippen LogP contribution in [0.5, 0.6) is 0 Å². The van der Waals surface area contributed by atoms with Crippen molar-refractivity contribution in [1.82, 2.24) is 4.98 Å². The molecule has 2 aromatic rings. The van der Waals surface area contributed by atoms with Gasteiger partial charge in [0.1, 0.15) is 11.6 Å². The van der Waals surface area contributed by atoms with Crippen LogP contribution in [0.4, 0.5) is 8.78 Å². The van der Waals surface area contributed by atoms with E-state index in [4.69, 9.17) is 5.73 Å². The van der Waals surface area contributed by atoms with E-state index in [0.717, 1.165) is 17.3 Å². The van der Waals surface area contributed by atoms with Crippen molar-refractivity contribution in [3.63, 3.8) is 0 Å². The Balaban J connectivity index is 0.00000128. The monoisotopic (exact) mass is 246 g/mol. The highest BCUT2D eigenvalue weighted by Crippen LogP contribution is 2.26. The highest BCUT2D eigenvalue weighted by Gasteiger charge is 2.13. The molecule has 5 heteroatoms. The Morgan fingerprint density at radius 2 is 2.00 bits per heavy atom. The number of nitrogens with two attached hydrogens (primary N) is 1. The summed E-state index contributed by atoms with van der Waals surface area (Å²) in [6, 6.07) is 2.20. The fourth-order valence-electron chi connectivity index (χ4n) is 1.90. The van der Waals surface area contributed by atoms with Crippen LogP contribution < -0.4 is 5.73 Å². The maximum absolute atomic E-state index is 13.5. The van der Waals surface area contributed by atoms with Crippen molar-refractivity contribution in [2.75, 3.05) is 6.54 Å². The summed E-state index contributed by atoms with van der Waals surface area (Å²) < 4.78 is 26.5. The molecule has 88 valence electrons. The van der Waals surface area contributed by atoms with E-state index in [9.17, 15) is 8.78 Å². The molecule has 0 fully saturated rings. The molecule has 0 saturated carbocycles. The molecule has 2 nitrogen and oxygen atoms in total. The van der Waals surface area contributed by atoms with Gasteiger partial charge in [0.15, 0.2) is 0 Å².